The highest BCUT2D eigenvalue weighted by Gasteiger charge is 1.99. The van der Waals surface area contributed by atoms with E-state index in [1.165, 1.54) is 5.56 Å². The summed E-state index contributed by atoms with van der Waals surface area (Å²) < 4.78 is 0. The number of benzene rings is 1. The number of hydrogen-bond acceptors (Lipinski definition) is 2. The lowest BCUT2D eigenvalue weighted by Crippen LogP contribution is -1.97. The molecule has 100 valence electrons. The maximum absolute atomic E-state index is 9.90. The molecule has 1 aromatic carbocycles. The van der Waals surface area contributed by atoms with Crippen LogP contribution in [0, 0.1) is 0 Å². The lowest BCUT2D eigenvalue weighted by molar-refractivity contribution is -0.139. The monoisotopic (exact) mass is 252 g/mol. The van der Waals surface area contributed by atoms with Crippen LogP contribution in [0.1, 0.15) is 38.2 Å². The second-order valence-corrected chi connectivity index (χ2v) is 3.83. The summed E-state index contributed by atoms with van der Waals surface area (Å²) in [5.74, 6) is -1.74. The summed E-state index contributed by atoms with van der Waals surface area (Å²) in [6, 6.07) is 10.5. The molecule has 0 radical (unpaired) electrons. The van der Waals surface area contributed by atoms with Crippen molar-refractivity contribution in [1.29, 1.82) is 0 Å². The molecule has 2 N–H and O–H groups in total. The number of aryl methyl sites for hydroxylation is 1. The highest BCUT2D eigenvalue weighted by molar-refractivity contribution is 5.67. The standard InChI is InChI=1S/C8H10.C6H10O4/c1-2-8-6-4-3-5-7-8;7-5(8)3-1-2-4-6(9)10/h3-7H,2H2,1H3;1-4H2,(H,7,8)(H,9,10). The smallest absolute Gasteiger partial charge is 0.303 e. The minimum Gasteiger partial charge on any atom is -0.481 e. The van der Waals surface area contributed by atoms with Crippen LogP contribution in [0.2, 0.25) is 0 Å². The summed E-state index contributed by atoms with van der Waals surface area (Å²) >= 11 is 0. The molecule has 0 saturated heterocycles. The average molecular weight is 252 g/mol. The van der Waals surface area contributed by atoms with Crippen molar-refractivity contribution in [3.8, 4) is 0 Å². The molecule has 0 atom stereocenters. The second kappa shape index (κ2) is 10.3. The fourth-order valence-corrected chi connectivity index (χ4v) is 1.27. The summed E-state index contributed by atoms with van der Waals surface area (Å²) in [5.41, 5.74) is 1.41. The van der Waals surface area contributed by atoms with E-state index in [4.69, 9.17) is 10.2 Å². The average Bonchev–Trinajstić information content (AvgIpc) is 2.36. The Labute approximate surface area is 107 Å². The molecule has 1 rings (SSSR count). The van der Waals surface area contributed by atoms with Gasteiger partial charge in [-0.1, -0.05) is 37.3 Å². The summed E-state index contributed by atoms with van der Waals surface area (Å²) in [6.07, 6.45) is 2.16. The minimum absolute atomic E-state index is 0.0628. The Hall–Kier alpha value is -1.84. The summed E-state index contributed by atoms with van der Waals surface area (Å²) in [5, 5.41) is 16.3. The Morgan fingerprint density at radius 1 is 0.944 bits per heavy atom. The highest BCUT2D eigenvalue weighted by Crippen LogP contribution is 1.98. The second-order valence-electron chi connectivity index (χ2n) is 3.83. The fourth-order valence-electron chi connectivity index (χ4n) is 1.27. The number of carboxylic acids is 2. The first kappa shape index (κ1) is 16.2. The van der Waals surface area contributed by atoms with Gasteiger partial charge in [0.15, 0.2) is 0 Å². The van der Waals surface area contributed by atoms with Crippen molar-refractivity contribution < 1.29 is 19.8 Å². The van der Waals surface area contributed by atoms with Crippen LogP contribution in [0.15, 0.2) is 30.3 Å². The maximum atomic E-state index is 9.90. The Morgan fingerprint density at radius 2 is 1.39 bits per heavy atom. The van der Waals surface area contributed by atoms with E-state index in [1.807, 2.05) is 6.07 Å². The fraction of sp³-hybridized carbons (Fsp3) is 0.429. The number of hydrogen-bond donors (Lipinski definition) is 2. The van der Waals surface area contributed by atoms with Crippen molar-refractivity contribution in [2.45, 2.75) is 39.0 Å². The van der Waals surface area contributed by atoms with Gasteiger partial charge in [0.1, 0.15) is 0 Å². The van der Waals surface area contributed by atoms with Crippen LogP contribution in [-0.2, 0) is 16.0 Å². The lowest BCUT2D eigenvalue weighted by atomic mass is 10.2. The van der Waals surface area contributed by atoms with Gasteiger partial charge in [0.2, 0.25) is 0 Å². The van der Waals surface area contributed by atoms with Gasteiger partial charge < -0.3 is 10.2 Å². The first-order valence-electron chi connectivity index (χ1n) is 6.03. The summed E-state index contributed by atoms with van der Waals surface area (Å²) in [4.78, 5) is 19.8. The van der Waals surface area contributed by atoms with Gasteiger partial charge in [0.05, 0.1) is 0 Å². The highest BCUT2D eigenvalue weighted by atomic mass is 16.4. The van der Waals surface area contributed by atoms with Crippen molar-refractivity contribution in [1.82, 2.24) is 0 Å². The van der Waals surface area contributed by atoms with E-state index in [2.05, 4.69) is 31.2 Å². The Morgan fingerprint density at radius 3 is 1.67 bits per heavy atom. The molecule has 0 heterocycles. The normalized spacial score (nSPS) is 9.17. The Bertz CT molecular complexity index is 330. The maximum Gasteiger partial charge on any atom is 0.303 e. The zero-order valence-electron chi connectivity index (χ0n) is 10.6. The van der Waals surface area contributed by atoms with E-state index in [-0.39, 0.29) is 12.8 Å². The molecule has 18 heavy (non-hydrogen) atoms. The van der Waals surface area contributed by atoms with E-state index in [9.17, 15) is 9.59 Å². The Balaban J connectivity index is 0.000000327. The molecule has 0 fully saturated rings. The molecule has 0 spiro atoms. The van der Waals surface area contributed by atoms with Crippen LogP contribution < -0.4 is 0 Å². The predicted molar refractivity (Wildman–Crippen MR) is 69.6 cm³/mol. The van der Waals surface area contributed by atoms with Crippen LogP contribution in [-0.4, -0.2) is 22.2 Å². The number of carbonyl (C=O) groups is 2. The van der Waals surface area contributed by atoms with E-state index in [0.717, 1.165) is 6.42 Å². The van der Waals surface area contributed by atoms with Crippen LogP contribution >= 0.6 is 0 Å². The van der Waals surface area contributed by atoms with Crippen molar-refractivity contribution >= 4 is 11.9 Å². The molecular weight excluding hydrogens is 232 g/mol. The molecule has 4 nitrogen and oxygen atoms in total. The van der Waals surface area contributed by atoms with Crippen molar-refractivity contribution in [3.63, 3.8) is 0 Å². The Kier molecular flexibility index (Phi) is 9.27. The number of carboxylic acid groups (broad SMARTS) is 2. The molecule has 0 aliphatic heterocycles. The van der Waals surface area contributed by atoms with E-state index < -0.39 is 11.9 Å². The van der Waals surface area contributed by atoms with Gasteiger partial charge in [-0.3, -0.25) is 9.59 Å². The van der Waals surface area contributed by atoms with E-state index >= 15 is 0 Å². The van der Waals surface area contributed by atoms with E-state index in [0.29, 0.717) is 12.8 Å². The molecule has 0 bridgehead atoms. The van der Waals surface area contributed by atoms with E-state index in [1.54, 1.807) is 0 Å². The molecule has 0 aromatic heterocycles. The summed E-state index contributed by atoms with van der Waals surface area (Å²) in [6.45, 7) is 2.16. The minimum atomic E-state index is -0.870. The van der Waals surface area contributed by atoms with Crippen molar-refractivity contribution in [2.75, 3.05) is 0 Å². The van der Waals surface area contributed by atoms with Gasteiger partial charge in [-0.2, -0.15) is 0 Å². The quantitative estimate of drug-likeness (QED) is 0.763. The molecule has 0 unspecified atom stereocenters. The third kappa shape index (κ3) is 10.7. The van der Waals surface area contributed by atoms with Gasteiger partial charge in [0.25, 0.3) is 0 Å². The largest absolute Gasteiger partial charge is 0.481 e. The first-order chi connectivity index (χ1) is 8.56. The van der Waals surface area contributed by atoms with Crippen molar-refractivity contribution in [2.24, 2.45) is 0 Å². The van der Waals surface area contributed by atoms with Crippen molar-refractivity contribution in [3.05, 3.63) is 35.9 Å². The topological polar surface area (TPSA) is 74.6 Å². The number of aliphatic carboxylic acids is 2. The van der Waals surface area contributed by atoms with Gasteiger partial charge in [-0.25, -0.2) is 0 Å². The lowest BCUT2D eigenvalue weighted by Gasteiger charge is -1.92. The first-order valence-corrected chi connectivity index (χ1v) is 6.03. The van der Waals surface area contributed by atoms with Crippen LogP contribution in [0.3, 0.4) is 0 Å². The van der Waals surface area contributed by atoms with Gasteiger partial charge in [-0.05, 0) is 24.8 Å². The molecule has 1 aromatic rings. The molecule has 0 aliphatic carbocycles. The van der Waals surface area contributed by atoms with Crippen LogP contribution in [0.4, 0.5) is 0 Å². The third-order valence-corrected chi connectivity index (χ3v) is 2.28. The zero-order valence-corrected chi connectivity index (χ0v) is 10.6. The molecule has 4 heteroatoms. The zero-order chi connectivity index (χ0) is 13.8. The van der Waals surface area contributed by atoms with Gasteiger partial charge in [0, 0.05) is 12.8 Å². The molecule has 0 amide bonds. The predicted octanol–water partition coefficient (Wildman–Crippen LogP) is 2.97. The van der Waals surface area contributed by atoms with Gasteiger partial charge >= 0.3 is 11.9 Å². The van der Waals surface area contributed by atoms with Gasteiger partial charge in [-0.15, -0.1) is 0 Å². The van der Waals surface area contributed by atoms with Crippen LogP contribution in [0.25, 0.3) is 0 Å². The molecular formula is C14H20O4. The molecule has 0 aliphatic rings. The number of unbranched alkanes of at least 4 members (excludes halogenated alkanes) is 1. The summed E-state index contributed by atoms with van der Waals surface area (Å²) in [7, 11) is 0. The molecule has 0 saturated carbocycles. The third-order valence-electron chi connectivity index (χ3n) is 2.28. The SMILES string of the molecule is CCc1ccccc1.O=C(O)CCCCC(=O)O. The van der Waals surface area contributed by atoms with Crippen LogP contribution in [0.5, 0.6) is 0 Å². The number of rotatable bonds is 6.